The monoisotopic (exact) mass is 1260 g/mol. The largest absolute Gasteiger partial charge is 0.472 e. The zero-order valence-electron chi connectivity index (χ0n) is 60.0. The first-order valence-corrected chi connectivity index (χ1v) is 40.9. The number of nitrogens with one attached hydrogen (secondary N) is 1. The van der Waals surface area contributed by atoms with Crippen molar-refractivity contribution in [2.45, 2.75) is 424 Å². The highest BCUT2D eigenvalue weighted by Crippen LogP contribution is 2.43. The molecule has 0 aromatic carbocycles. The first-order valence-electron chi connectivity index (χ1n) is 39.4. The fourth-order valence-electron chi connectivity index (χ4n) is 12.3. The Morgan fingerprint density at radius 2 is 0.648 bits per heavy atom. The Morgan fingerprint density at radius 3 is 0.932 bits per heavy atom. The topological polar surface area (TPSA) is 105 Å². The van der Waals surface area contributed by atoms with E-state index in [1.807, 2.05) is 27.2 Å². The first-order chi connectivity index (χ1) is 43.0. The normalized spacial score (nSPS) is 13.7. The van der Waals surface area contributed by atoms with Crippen molar-refractivity contribution >= 4 is 13.7 Å². The van der Waals surface area contributed by atoms with Gasteiger partial charge in [-0.1, -0.05) is 391 Å². The van der Waals surface area contributed by atoms with E-state index in [2.05, 4.69) is 43.5 Å². The quantitative estimate of drug-likeness (QED) is 0.0243. The van der Waals surface area contributed by atoms with E-state index in [9.17, 15) is 19.4 Å². The van der Waals surface area contributed by atoms with Crippen LogP contribution in [0, 0.1) is 0 Å². The minimum atomic E-state index is -4.36. The van der Waals surface area contributed by atoms with E-state index in [-0.39, 0.29) is 19.1 Å². The fraction of sp³-hybridized carbons (Fsp3) is 0.911. The average molecular weight is 1260 g/mol. The van der Waals surface area contributed by atoms with Gasteiger partial charge in [-0.25, -0.2) is 4.57 Å². The second-order valence-corrected chi connectivity index (χ2v) is 29.9. The van der Waals surface area contributed by atoms with Gasteiger partial charge in [0.1, 0.15) is 13.2 Å². The van der Waals surface area contributed by atoms with E-state index in [4.69, 9.17) is 9.05 Å². The molecule has 0 aromatic heterocycles. The van der Waals surface area contributed by atoms with Gasteiger partial charge in [0.2, 0.25) is 5.91 Å². The second kappa shape index (κ2) is 70.0. The number of phosphoric acid groups is 1. The van der Waals surface area contributed by atoms with E-state index in [0.717, 1.165) is 38.5 Å². The lowest BCUT2D eigenvalue weighted by molar-refractivity contribution is -0.870. The summed E-state index contributed by atoms with van der Waals surface area (Å²) < 4.78 is 23.9. The predicted octanol–water partition coefficient (Wildman–Crippen LogP) is 25.6. The molecule has 0 rings (SSSR count). The van der Waals surface area contributed by atoms with Crippen molar-refractivity contribution in [2.24, 2.45) is 0 Å². The molecule has 0 fully saturated rings. The molecule has 3 unspecified atom stereocenters. The van der Waals surface area contributed by atoms with Crippen LogP contribution >= 0.6 is 7.82 Å². The zero-order chi connectivity index (χ0) is 64.1. The first kappa shape index (κ1) is 86.7. The third-order valence-electron chi connectivity index (χ3n) is 18.4. The second-order valence-electron chi connectivity index (χ2n) is 28.4. The van der Waals surface area contributed by atoms with Crippen molar-refractivity contribution in [1.82, 2.24) is 5.32 Å². The van der Waals surface area contributed by atoms with Crippen LogP contribution in [0.25, 0.3) is 0 Å². The number of amides is 1. The number of hydrogen-bond acceptors (Lipinski definition) is 5. The van der Waals surface area contributed by atoms with Gasteiger partial charge in [-0.3, -0.25) is 13.8 Å². The molecule has 3 atom stereocenters. The van der Waals surface area contributed by atoms with Crippen molar-refractivity contribution < 1.29 is 32.9 Å². The van der Waals surface area contributed by atoms with Crippen LogP contribution in [0.4, 0.5) is 0 Å². The molecule has 8 nitrogen and oxygen atoms in total. The van der Waals surface area contributed by atoms with Crippen LogP contribution in [-0.2, 0) is 18.4 Å². The van der Waals surface area contributed by atoms with E-state index in [1.165, 1.54) is 353 Å². The molecule has 1 amide bonds. The molecular weight excluding hydrogens is 1100 g/mol. The molecule has 88 heavy (non-hydrogen) atoms. The van der Waals surface area contributed by atoms with Gasteiger partial charge in [0, 0.05) is 6.42 Å². The summed E-state index contributed by atoms with van der Waals surface area (Å²) in [6.07, 6.45) is 94.8. The van der Waals surface area contributed by atoms with Crippen LogP contribution < -0.4 is 5.32 Å². The summed E-state index contributed by atoms with van der Waals surface area (Å²) in [5.74, 6) is -0.167. The molecular formula is C79H156N2O6P+. The van der Waals surface area contributed by atoms with Crippen molar-refractivity contribution in [3.63, 3.8) is 0 Å². The van der Waals surface area contributed by atoms with Crippen molar-refractivity contribution in [2.75, 3.05) is 40.9 Å². The highest BCUT2D eigenvalue weighted by molar-refractivity contribution is 7.47. The SMILES string of the molecule is CCCCCCC/C=C\C/C=C\CCCCCCCCCCCCCCCCCCCCCCCCCC(=O)NC(COP(=O)(O)OCC[N+](C)(C)C)C(O)/C=C/CCCCCCCCCCCCCCCCCCCCCCCCCCCCCCC. The number of rotatable bonds is 74. The van der Waals surface area contributed by atoms with E-state index >= 15 is 0 Å². The van der Waals surface area contributed by atoms with Gasteiger partial charge in [0.25, 0.3) is 0 Å². The number of nitrogens with zero attached hydrogens (tertiary/aromatic N) is 1. The van der Waals surface area contributed by atoms with Crippen LogP contribution in [0.5, 0.6) is 0 Å². The lowest BCUT2D eigenvalue weighted by Crippen LogP contribution is -2.45. The van der Waals surface area contributed by atoms with Crippen molar-refractivity contribution in [3.05, 3.63) is 36.5 Å². The average Bonchev–Trinajstić information content (AvgIpc) is 3.64. The van der Waals surface area contributed by atoms with E-state index in [1.54, 1.807) is 6.08 Å². The van der Waals surface area contributed by atoms with Gasteiger partial charge in [-0.05, 0) is 51.4 Å². The van der Waals surface area contributed by atoms with Gasteiger partial charge in [-0.2, -0.15) is 0 Å². The molecule has 3 N–H and O–H groups in total. The fourth-order valence-corrected chi connectivity index (χ4v) is 13.0. The molecule has 0 saturated carbocycles. The predicted molar refractivity (Wildman–Crippen MR) is 388 cm³/mol. The Hall–Kier alpha value is -1.28. The number of likely N-dealkylation sites (N-methyl/N-ethyl adjacent to an activating group) is 1. The minimum absolute atomic E-state index is 0.0641. The van der Waals surface area contributed by atoms with E-state index in [0.29, 0.717) is 17.4 Å². The lowest BCUT2D eigenvalue weighted by atomic mass is 10.0. The number of aliphatic hydroxyl groups excluding tert-OH is 1. The number of carbonyl (C=O) groups excluding carboxylic acids is 1. The molecule has 0 saturated heterocycles. The summed E-state index contributed by atoms with van der Waals surface area (Å²) in [7, 11) is 1.59. The molecule has 0 aliphatic carbocycles. The number of carbonyl (C=O) groups is 1. The maximum Gasteiger partial charge on any atom is 0.472 e. The standard InChI is InChI=1S/C79H155N2O6P/c1-6-8-10-12-14-16-18-20-22-24-26-28-30-32-34-36-38-39-40-41-43-45-47-49-51-53-55-57-59-61-63-65-67-69-71-73-79(83)80-77(76-87-88(84,85)86-75-74-81(3,4)5)78(82)72-70-68-66-64-62-60-58-56-54-52-50-48-46-44-42-37-35-33-31-29-27-25-23-21-19-17-15-13-11-9-7-2/h18,20,24,26,70,72,77-78,82H,6-17,19,21-23,25,27-69,71,73-76H2,1-5H3,(H-,80,83,84,85)/p+1/b20-18-,26-24-,72-70+. The van der Waals surface area contributed by atoms with Crippen LogP contribution in [0.3, 0.4) is 0 Å². The Kier molecular flexibility index (Phi) is 69.0. The Labute approximate surface area is 550 Å². The summed E-state index contributed by atoms with van der Waals surface area (Å²) in [6.45, 7) is 4.87. The van der Waals surface area contributed by atoms with Gasteiger partial charge in [0.15, 0.2) is 0 Å². The molecule has 0 aliphatic rings. The Balaban J connectivity index is 3.96. The van der Waals surface area contributed by atoms with Gasteiger partial charge < -0.3 is 19.8 Å². The Morgan fingerprint density at radius 1 is 0.386 bits per heavy atom. The summed E-state index contributed by atoms with van der Waals surface area (Å²) >= 11 is 0. The molecule has 0 bridgehead atoms. The molecule has 522 valence electrons. The smallest absolute Gasteiger partial charge is 0.387 e. The summed E-state index contributed by atoms with van der Waals surface area (Å²) in [4.78, 5) is 23.5. The van der Waals surface area contributed by atoms with E-state index < -0.39 is 20.0 Å². The minimum Gasteiger partial charge on any atom is -0.387 e. The summed E-state index contributed by atoms with van der Waals surface area (Å²) in [6, 6.07) is -0.847. The van der Waals surface area contributed by atoms with Crippen molar-refractivity contribution in [1.29, 1.82) is 0 Å². The third-order valence-corrected chi connectivity index (χ3v) is 19.3. The highest BCUT2D eigenvalue weighted by atomic mass is 31.2. The van der Waals surface area contributed by atoms with Crippen LogP contribution in [0.2, 0.25) is 0 Å². The van der Waals surface area contributed by atoms with Gasteiger partial charge in [-0.15, -0.1) is 0 Å². The molecule has 0 spiro atoms. The third kappa shape index (κ3) is 72.2. The van der Waals surface area contributed by atoms with Gasteiger partial charge in [0.05, 0.1) is 39.9 Å². The number of hydrogen-bond donors (Lipinski definition) is 3. The van der Waals surface area contributed by atoms with Crippen LogP contribution in [0.1, 0.15) is 412 Å². The highest BCUT2D eigenvalue weighted by Gasteiger charge is 2.28. The zero-order valence-corrected chi connectivity index (χ0v) is 60.9. The summed E-state index contributed by atoms with van der Waals surface area (Å²) in [5, 5.41) is 14.1. The number of aliphatic hydroxyl groups is 1. The van der Waals surface area contributed by atoms with Gasteiger partial charge >= 0.3 is 7.82 Å². The maximum absolute atomic E-state index is 13.1. The lowest BCUT2D eigenvalue weighted by Gasteiger charge is -2.25. The van der Waals surface area contributed by atoms with Crippen molar-refractivity contribution in [3.8, 4) is 0 Å². The Bertz CT molecular complexity index is 1530. The number of unbranched alkanes of at least 4 members (excludes halogenated alkanes) is 57. The molecule has 0 heterocycles. The van der Waals surface area contributed by atoms with Crippen LogP contribution in [0.15, 0.2) is 36.5 Å². The number of allylic oxidation sites excluding steroid dienone is 5. The summed E-state index contributed by atoms with van der Waals surface area (Å²) in [5.41, 5.74) is 0. The van der Waals surface area contributed by atoms with Crippen LogP contribution in [-0.4, -0.2) is 73.4 Å². The molecule has 0 radical (unpaired) electrons. The maximum atomic E-state index is 13.1. The molecule has 0 aromatic rings. The number of quaternary nitrogens is 1. The molecule has 9 heteroatoms. The molecule has 0 aliphatic heterocycles. The number of phosphoric ester groups is 1.